The molecule has 0 radical (unpaired) electrons. The van der Waals surface area contributed by atoms with Crippen LogP contribution in [0.2, 0.25) is 0 Å². The predicted molar refractivity (Wildman–Crippen MR) is 138 cm³/mol. The molecule has 2 aromatic carbocycles. The van der Waals surface area contributed by atoms with Gasteiger partial charge >= 0.3 is 0 Å². The molecule has 0 saturated carbocycles. The van der Waals surface area contributed by atoms with Crippen LogP contribution in [0.15, 0.2) is 59.6 Å². The Labute approximate surface area is 207 Å². The molecule has 1 atom stereocenters. The number of guanidine groups is 1. The Kier molecular flexibility index (Phi) is 10.5. The highest BCUT2D eigenvalue weighted by atomic mass is 127. The molecule has 1 heterocycles. The highest BCUT2D eigenvalue weighted by Gasteiger charge is 2.29. The largest absolute Gasteiger partial charge is 0.356 e. The van der Waals surface area contributed by atoms with E-state index >= 15 is 0 Å². The third kappa shape index (κ3) is 7.51. The lowest BCUT2D eigenvalue weighted by Gasteiger charge is -2.18. The van der Waals surface area contributed by atoms with Crippen LogP contribution < -0.4 is 16.0 Å². The van der Waals surface area contributed by atoms with Gasteiger partial charge in [-0.05, 0) is 29.7 Å². The van der Waals surface area contributed by atoms with Crippen LogP contribution in [-0.4, -0.2) is 56.4 Å². The van der Waals surface area contributed by atoms with Crippen molar-refractivity contribution >= 4 is 41.8 Å². The minimum absolute atomic E-state index is 0. The number of hydrogen-bond acceptors (Lipinski definition) is 3. The van der Waals surface area contributed by atoms with E-state index in [1.807, 2.05) is 35.2 Å². The summed E-state index contributed by atoms with van der Waals surface area (Å²) in [6.07, 6.45) is 1.45. The zero-order chi connectivity index (χ0) is 22.1. The summed E-state index contributed by atoms with van der Waals surface area (Å²) in [5, 5.41) is 9.23. The van der Waals surface area contributed by atoms with E-state index in [1.165, 1.54) is 5.56 Å². The first-order valence-corrected chi connectivity index (χ1v) is 10.7. The first kappa shape index (κ1) is 25.6. The number of carbonyl (C=O) groups is 2. The lowest BCUT2D eigenvalue weighted by atomic mass is 10.1. The van der Waals surface area contributed by atoms with Gasteiger partial charge in [0.25, 0.3) is 5.91 Å². The van der Waals surface area contributed by atoms with Gasteiger partial charge in [0.1, 0.15) is 0 Å². The van der Waals surface area contributed by atoms with Crippen molar-refractivity contribution < 1.29 is 9.59 Å². The fourth-order valence-electron chi connectivity index (χ4n) is 3.68. The van der Waals surface area contributed by atoms with Crippen LogP contribution in [0.4, 0.5) is 0 Å². The number of nitrogens with one attached hydrogen (secondary N) is 3. The second-order valence-corrected chi connectivity index (χ2v) is 7.73. The van der Waals surface area contributed by atoms with Gasteiger partial charge in [-0.25, -0.2) is 0 Å². The molecule has 172 valence electrons. The molecule has 7 nitrogen and oxygen atoms in total. The molecular weight excluding hydrogens is 517 g/mol. The molecule has 1 fully saturated rings. The molecule has 1 aliphatic heterocycles. The number of amides is 2. The Morgan fingerprint density at radius 1 is 1.06 bits per heavy atom. The molecule has 3 N–H and O–H groups in total. The SMILES string of the molecule is CN=C(NCc1ccc(C(=O)NC)cc1)NCC1CC(=O)N(CCc2ccccc2)C1.I. The molecule has 2 aromatic rings. The summed E-state index contributed by atoms with van der Waals surface area (Å²) in [5.74, 6) is 1.10. The van der Waals surface area contributed by atoms with Crippen molar-refractivity contribution in [2.45, 2.75) is 19.4 Å². The smallest absolute Gasteiger partial charge is 0.251 e. The molecule has 2 amide bonds. The monoisotopic (exact) mass is 549 g/mol. The van der Waals surface area contributed by atoms with Gasteiger partial charge in [-0.15, -0.1) is 24.0 Å². The van der Waals surface area contributed by atoms with E-state index in [0.717, 1.165) is 25.1 Å². The molecule has 8 heteroatoms. The molecule has 1 unspecified atom stereocenters. The van der Waals surface area contributed by atoms with Crippen LogP contribution >= 0.6 is 24.0 Å². The quantitative estimate of drug-likeness (QED) is 0.268. The number of rotatable bonds is 8. The Morgan fingerprint density at radius 2 is 1.78 bits per heavy atom. The number of likely N-dealkylation sites (tertiary alicyclic amines) is 1. The van der Waals surface area contributed by atoms with E-state index in [1.54, 1.807) is 26.2 Å². The van der Waals surface area contributed by atoms with E-state index in [-0.39, 0.29) is 41.7 Å². The standard InChI is InChI=1S/C24H31N5O2.HI/c1-25-23(31)21-10-8-19(9-11-21)15-27-24(26-2)28-16-20-14-22(30)29(17-20)13-12-18-6-4-3-5-7-18;/h3-11,20H,12-17H2,1-2H3,(H,25,31)(H2,26,27,28);1H. The number of halogens is 1. The third-order valence-electron chi connectivity index (χ3n) is 5.49. The topological polar surface area (TPSA) is 85.8 Å². The van der Waals surface area contributed by atoms with Gasteiger partial charge in [0.2, 0.25) is 5.91 Å². The Morgan fingerprint density at radius 3 is 2.44 bits per heavy atom. The zero-order valence-corrected chi connectivity index (χ0v) is 21.0. The number of aliphatic imine (C=N–C) groups is 1. The first-order chi connectivity index (χ1) is 15.1. The van der Waals surface area contributed by atoms with Crippen molar-refractivity contribution in [3.8, 4) is 0 Å². The summed E-state index contributed by atoms with van der Waals surface area (Å²) in [4.78, 5) is 30.2. The van der Waals surface area contributed by atoms with E-state index < -0.39 is 0 Å². The lowest BCUT2D eigenvalue weighted by Crippen LogP contribution is -2.40. The van der Waals surface area contributed by atoms with Crippen LogP contribution in [0.3, 0.4) is 0 Å². The highest BCUT2D eigenvalue weighted by molar-refractivity contribution is 14.0. The Balaban J connectivity index is 0.00000363. The van der Waals surface area contributed by atoms with Crippen molar-refractivity contribution in [3.63, 3.8) is 0 Å². The summed E-state index contributed by atoms with van der Waals surface area (Å²) in [6.45, 7) is 2.83. The molecule has 1 aliphatic rings. The second-order valence-electron chi connectivity index (χ2n) is 7.73. The normalized spacial score (nSPS) is 15.8. The summed E-state index contributed by atoms with van der Waals surface area (Å²) < 4.78 is 0. The average molecular weight is 549 g/mol. The number of carbonyl (C=O) groups excluding carboxylic acids is 2. The lowest BCUT2D eigenvalue weighted by molar-refractivity contribution is -0.127. The molecule has 32 heavy (non-hydrogen) atoms. The minimum Gasteiger partial charge on any atom is -0.356 e. The van der Waals surface area contributed by atoms with Gasteiger partial charge in [-0.3, -0.25) is 14.6 Å². The van der Waals surface area contributed by atoms with Crippen molar-refractivity contribution in [3.05, 3.63) is 71.3 Å². The Hall–Kier alpha value is -2.62. The van der Waals surface area contributed by atoms with Crippen LogP contribution in [-0.2, 0) is 17.8 Å². The minimum atomic E-state index is -0.0964. The van der Waals surface area contributed by atoms with E-state index in [9.17, 15) is 9.59 Å². The number of nitrogens with zero attached hydrogens (tertiary/aromatic N) is 2. The van der Waals surface area contributed by atoms with Crippen molar-refractivity contribution in [1.29, 1.82) is 0 Å². The Bertz CT molecular complexity index is 902. The maximum absolute atomic E-state index is 12.4. The summed E-state index contributed by atoms with van der Waals surface area (Å²) in [7, 11) is 3.35. The average Bonchev–Trinajstić information content (AvgIpc) is 3.17. The fourth-order valence-corrected chi connectivity index (χ4v) is 3.68. The van der Waals surface area contributed by atoms with Crippen LogP contribution in [0.1, 0.15) is 27.9 Å². The summed E-state index contributed by atoms with van der Waals surface area (Å²) >= 11 is 0. The number of benzene rings is 2. The first-order valence-electron chi connectivity index (χ1n) is 10.7. The summed E-state index contributed by atoms with van der Waals surface area (Å²) in [5.41, 5.74) is 2.94. The van der Waals surface area contributed by atoms with Gasteiger partial charge in [-0.1, -0.05) is 42.5 Å². The van der Waals surface area contributed by atoms with Gasteiger partial charge in [0.05, 0.1) is 0 Å². The van der Waals surface area contributed by atoms with Crippen LogP contribution in [0, 0.1) is 5.92 Å². The zero-order valence-electron chi connectivity index (χ0n) is 18.6. The van der Waals surface area contributed by atoms with E-state index in [0.29, 0.717) is 31.0 Å². The van der Waals surface area contributed by atoms with Gasteiger partial charge in [-0.2, -0.15) is 0 Å². The molecule has 0 aliphatic carbocycles. The molecular formula is C24H32IN5O2. The predicted octanol–water partition coefficient (Wildman–Crippen LogP) is 2.42. The number of hydrogen-bond donors (Lipinski definition) is 3. The van der Waals surface area contributed by atoms with Crippen molar-refractivity contribution in [2.75, 3.05) is 33.7 Å². The second kappa shape index (κ2) is 13.0. The molecule has 1 saturated heterocycles. The molecule has 3 rings (SSSR count). The van der Waals surface area contributed by atoms with Crippen LogP contribution in [0.5, 0.6) is 0 Å². The molecule has 0 spiro atoms. The van der Waals surface area contributed by atoms with E-state index in [4.69, 9.17) is 0 Å². The van der Waals surface area contributed by atoms with Crippen LogP contribution in [0.25, 0.3) is 0 Å². The third-order valence-corrected chi connectivity index (χ3v) is 5.49. The van der Waals surface area contributed by atoms with Gasteiger partial charge in [0, 0.05) is 58.2 Å². The maximum Gasteiger partial charge on any atom is 0.251 e. The van der Waals surface area contributed by atoms with Crippen molar-refractivity contribution in [1.82, 2.24) is 20.9 Å². The fraction of sp³-hybridized carbons (Fsp3) is 0.375. The molecule has 0 bridgehead atoms. The highest BCUT2D eigenvalue weighted by Crippen LogP contribution is 2.17. The van der Waals surface area contributed by atoms with Gasteiger partial charge in [0.15, 0.2) is 5.96 Å². The molecule has 0 aromatic heterocycles. The summed E-state index contributed by atoms with van der Waals surface area (Å²) in [6, 6.07) is 17.7. The van der Waals surface area contributed by atoms with Crippen molar-refractivity contribution in [2.24, 2.45) is 10.9 Å². The maximum atomic E-state index is 12.4. The van der Waals surface area contributed by atoms with E-state index in [2.05, 4.69) is 33.1 Å². The van der Waals surface area contributed by atoms with Gasteiger partial charge < -0.3 is 20.9 Å².